The van der Waals surface area contributed by atoms with Crippen LogP contribution in [0.4, 0.5) is 0 Å². The van der Waals surface area contributed by atoms with Gasteiger partial charge in [0.2, 0.25) is 0 Å². The van der Waals surface area contributed by atoms with E-state index in [0.717, 1.165) is 42.1 Å². The number of piperazine rings is 1. The molecule has 104 valence electrons. The van der Waals surface area contributed by atoms with E-state index in [9.17, 15) is 4.79 Å². The summed E-state index contributed by atoms with van der Waals surface area (Å²) < 4.78 is 0.839. The molecule has 0 aromatic heterocycles. The zero-order valence-electron chi connectivity index (χ0n) is 11.1. The molecule has 0 bridgehead atoms. The zero-order chi connectivity index (χ0) is 13.8. The number of thiol groups is 1. The quantitative estimate of drug-likeness (QED) is 0.853. The van der Waals surface area contributed by atoms with Crippen LogP contribution in [0.2, 0.25) is 0 Å². The average molecular weight is 343 g/mol. The molecule has 1 fully saturated rings. The maximum absolute atomic E-state index is 12.5. The Hall–Kier alpha value is -0.520. The number of halogens is 1. The molecule has 1 amide bonds. The van der Waals surface area contributed by atoms with Crippen LogP contribution < -0.4 is 0 Å². The fourth-order valence-electron chi connectivity index (χ4n) is 2.34. The van der Waals surface area contributed by atoms with Gasteiger partial charge >= 0.3 is 0 Å². The summed E-state index contributed by atoms with van der Waals surface area (Å²) in [6.45, 7) is 6.87. The Labute approximate surface area is 128 Å². The van der Waals surface area contributed by atoms with E-state index in [-0.39, 0.29) is 5.91 Å². The first-order valence-electron chi connectivity index (χ1n) is 6.62. The van der Waals surface area contributed by atoms with Crippen LogP contribution in [0.5, 0.6) is 0 Å². The van der Waals surface area contributed by atoms with Gasteiger partial charge in [0.25, 0.3) is 5.91 Å². The summed E-state index contributed by atoms with van der Waals surface area (Å²) >= 11 is 7.74. The molecule has 19 heavy (non-hydrogen) atoms. The van der Waals surface area contributed by atoms with Crippen molar-refractivity contribution in [2.75, 3.05) is 32.7 Å². The minimum atomic E-state index is 0.0962. The van der Waals surface area contributed by atoms with Crippen molar-refractivity contribution < 1.29 is 4.79 Å². The zero-order valence-corrected chi connectivity index (χ0v) is 13.6. The number of nitrogens with zero attached hydrogens (tertiary/aromatic N) is 2. The predicted molar refractivity (Wildman–Crippen MR) is 84.0 cm³/mol. The highest BCUT2D eigenvalue weighted by Crippen LogP contribution is 2.22. The molecule has 1 aliphatic rings. The molecule has 3 nitrogen and oxygen atoms in total. The van der Waals surface area contributed by atoms with E-state index in [0.29, 0.717) is 5.56 Å². The second-order valence-electron chi connectivity index (χ2n) is 4.80. The van der Waals surface area contributed by atoms with Gasteiger partial charge in [-0.15, -0.1) is 12.6 Å². The Kier molecular flexibility index (Phi) is 5.30. The molecular weight excluding hydrogens is 324 g/mol. The second-order valence-corrected chi connectivity index (χ2v) is 6.17. The van der Waals surface area contributed by atoms with Crippen LogP contribution >= 0.6 is 28.6 Å². The molecule has 0 radical (unpaired) electrons. The van der Waals surface area contributed by atoms with Crippen LogP contribution in [-0.2, 0) is 0 Å². The number of hydrogen-bond acceptors (Lipinski definition) is 3. The number of rotatable bonds is 3. The number of benzene rings is 1. The van der Waals surface area contributed by atoms with Crippen molar-refractivity contribution in [3.05, 3.63) is 28.2 Å². The van der Waals surface area contributed by atoms with E-state index < -0.39 is 0 Å². The Morgan fingerprint density at radius 2 is 2.00 bits per heavy atom. The number of carbonyl (C=O) groups is 1. The number of amides is 1. The maximum Gasteiger partial charge on any atom is 0.255 e. The lowest BCUT2D eigenvalue weighted by Gasteiger charge is -2.34. The minimum absolute atomic E-state index is 0.0962. The molecule has 0 unspecified atom stereocenters. The van der Waals surface area contributed by atoms with Crippen LogP contribution in [0.25, 0.3) is 0 Å². The molecule has 0 atom stereocenters. The molecule has 1 aromatic carbocycles. The third kappa shape index (κ3) is 3.74. The van der Waals surface area contributed by atoms with Gasteiger partial charge in [0.1, 0.15) is 0 Å². The Morgan fingerprint density at radius 3 is 2.63 bits per heavy atom. The summed E-state index contributed by atoms with van der Waals surface area (Å²) in [6, 6.07) is 5.58. The molecule has 1 saturated heterocycles. The molecule has 1 aliphatic heterocycles. The van der Waals surface area contributed by atoms with E-state index in [1.165, 1.54) is 6.42 Å². The maximum atomic E-state index is 12.5. The molecule has 5 heteroatoms. The van der Waals surface area contributed by atoms with Crippen molar-refractivity contribution in [3.63, 3.8) is 0 Å². The summed E-state index contributed by atoms with van der Waals surface area (Å²) in [5, 5.41) is 0. The van der Waals surface area contributed by atoms with Gasteiger partial charge in [-0.3, -0.25) is 9.69 Å². The first-order chi connectivity index (χ1) is 9.11. The molecule has 1 heterocycles. The Balaban J connectivity index is 2.03. The lowest BCUT2D eigenvalue weighted by Crippen LogP contribution is -2.48. The number of carbonyl (C=O) groups excluding carboxylic acids is 1. The van der Waals surface area contributed by atoms with E-state index in [1.807, 2.05) is 23.1 Å². The summed E-state index contributed by atoms with van der Waals surface area (Å²) in [6.07, 6.45) is 1.17. The predicted octanol–water partition coefficient (Wildman–Crippen LogP) is 2.91. The molecule has 0 N–H and O–H groups in total. The first-order valence-corrected chi connectivity index (χ1v) is 7.86. The summed E-state index contributed by atoms with van der Waals surface area (Å²) in [5.74, 6) is 0.0962. The monoisotopic (exact) mass is 342 g/mol. The van der Waals surface area contributed by atoms with E-state index in [1.54, 1.807) is 0 Å². The highest BCUT2D eigenvalue weighted by atomic mass is 79.9. The third-order valence-corrected chi connectivity index (χ3v) is 4.35. The second kappa shape index (κ2) is 6.77. The number of hydrogen-bond donors (Lipinski definition) is 1. The lowest BCUT2D eigenvalue weighted by molar-refractivity contribution is 0.0636. The first kappa shape index (κ1) is 14.9. The molecule has 0 saturated carbocycles. The Morgan fingerprint density at radius 1 is 1.32 bits per heavy atom. The smallest absolute Gasteiger partial charge is 0.255 e. The Bertz CT molecular complexity index is 459. The lowest BCUT2D eigenvalue weighted by atomic mass is 10.2. The standard InChI is InChI=1S/C14H19BrN2OS/c1-2-5-16-6-8-17(9-7-16)14(18)12-10-11(19)3-4-13(12)15/h3-4,10,19H,2,5-9H2,1H3. The highest BCUT2D eigenvalue weighted by Gasteiger charge is 2.23. The van der Waals surface area contributed by atoms with Crippen molar-refractivity contribution in [2.45, 2.75) is 18.2 Å². The van der Waals surface area contributed by atoms with Crippen molar-refractivity contribution in [1.29, 1.82) is 0 Å². The minimum Gasteiger partial charge on any atom is -0.336 e. The SMILES string of the molecule is CCCN1CCN(C(=O)c2cc(S)ccc2Br)CC1. The van der Waals surface area contributed by atoms with Crippen LogP contribution in [0.15, 0.2) is 27.6 Å². The van der Waals surface area contributed by atoms with Gasteiger partial charge in [-0.2, -0.15) is 0 Å². The van der Waals surface area contributed by atoms with Gasteiger partial charge in [0.05, 0.1) is 5.56 Å². The summed E-state index contributed by atoms with van der Waals surface area (Å²) in [7, 11) is 0. The normalized spacial score (nSPS) is 16.7. The molecule has 0 aliphatic carbocycles. The average Bonchev–Trinajstić information content (AvgIpc) is 2.42. The van der Waals surface area contributed by atoms with Crippen LogP contribution in [-0.4, -0.2) is 48.4 Å². The van der Waals surface area contributed by atoms with E-state index in [4.69, 9.17) is 0 Å². The molecular formula is C14H19BrN2OS. The van der Waals surface area contributed by atoms with Crippen molar-refractivity contribution in [2.24, 2.45) is 0 Å². The van der Waals surface area contributed by atoms with Gasteiger partial charge < -0.3 is 4.90 Å². The van der Waals surface area contributed by atoms with Gasteiger partial charge in [0, 0.05) is 35.5 Å². The highest BCUT2D eigenvalue weighted by molar-refractivity contribution is 9.10. The van der Waals surface area contributed by atoms with Crippen molar-refractivity contribution in [3.8, 4) is 0 Å². The van der Waals surface area contributed by atoms with Gasteiger partial charge in [-0.25, -0.2) is 0 Å². The van der Waals surface area contributed by atoms with Crippen LogP contribution in [0, 0.1) is 0 Å². The largest absolute Gasteiger partial charge is 0.336 e. The molecule has 2 rings (SSSR count). The van der Waals surface area contributed by atoms with Crippen LogP contribution in [0.1, 0.15) is 23.7 Å². The molecule has 0 spiro atoms. The van der Waals surface area contributed by atoms with E-state index >= 15 is 0 Å². The van der Waals surface area contributed by atoms with Gasteiger partial charge in [0.15, 0.2) is 0 Å². The third-order valence-electron chi connectivity index (χ3n) is 3.38. The summed E-state index contributed by atoms with van der Waals surface area (Å²) in [5.41, 5.74) is 0.705. The molecule has 1 aromatic rings. The van der Waals surface area contributed by atoms with Gasteiger partial charge in [-0.05, 0) is 47.1 Å². The fourth-order valence-corrected chi connectivity index (χ4v) is 2.96. The van der Waals surface area contributed by atoms with Crippen molar-refractivity contribution in [1.82, 2.24) is 9.80 Å². The van der Waals surface area contributed by atoms with Gasteiger partial charge in [-0.1, -0.05) is 6.92 Å². The van der Waals surface area contributed by atoms with E-state index in [2.05, 4.69) is 40.4 Å². The van der Waals surface area contributed by atoms with Crippen molar-refractivity contribution >= 4 is 34.5 Å². The van der Waals surface area contributed by atoms with Crippen LogP contribution in [0.3, 0.4) is 0 Å². The summed E-state index contributed by atoms with van der Waals surface area (Å²) in [4.78, 5) is 17.6. The topological polar surface area (TPSA) is 23.6 Å². The fraction of sp³-hybridized carbons (Fsp3) is 0.500.